The summed E-state index contributed by atoms with van der Waals surface area (Å²) >= 11 is 0. The number of nitrogens with zero attached hydrogens (tertiary/aromatic N) is 3. The van der Waals surface area contributed by atoms with E-state index >= 15 is 0 Å². The van der Waals surface area contributed by atoms with E-state index in [-0.39, 0.29) is 30.6 Å². The fourth-order valence-electron chi connectivity index (χ4n) is 3.53. The molecule has 1 aliphatic heterocycles. The number of carbonyl (C=O) groups is 3. The summed E-state index contributed by atoms with van der Waals surface area (Å²) < 4.78 is 0. The zero-order valence-corrected chi connectivity index (χ0v) is 16.3. The standard InChI is InChI=1S/C18H32N4O4/c1-5-20(12-15(23)24)14-10-13(11-14)19-17(26)22-8-6-21(7-9-22)16(25)18(2,3)4/h13-14H,5-12H2,1-4H3,(H,19,26)(H,23,24). The van der Waals surface area contributed by atoms with Crippen LogP contribution in [0.25, 0.3) is 0 Å². The number of nitrogens with one attached hydrogen (secondary N) is 1. The van der Waals surface area contributed by atoms with Gasteiger partial charge in [0.15, 0.2) is 0 Å². The van der Waals surface area contributed by atoms with Gasteiger partial charge in [-0.15, -0.1) is 0 Å². The Balaban J connectivity index is 1.72. The first-order chi connectivity index (χ1) is 12.1. The largest absolute Gasteiger partial charge is 0.480 e. The highest BCUT2D eigenvalue weighted by Gasteiger charge is 2.36. The summed E-state index contributed by atoms with van der Waals surface area (Å²) in [5.41, 5.74) is -0.396. The Morgan fingerprint density at radius 3 is 2.08 bits per heavy atom. The van der Waals surface area contributed by atoms with Crippen LogP contribution in [0, 0.1) is 5.41 Å². The smallest absolute Gasteiger partial charge is 0.317 e. The average molecular weight is 368 g/mol. The van der Waals surface area contributed by atoms with Gasteiger partial charge in [-0.1, -0.05) is 27.7 Å². The number of carboxylic acids is 1. The Labute approximate surface area is 155 Å². The molecule has 0 spiro atoms. The van der Waals surface area contributed by atoms with E-state index < -0.39 is 11.4 Å². The second kappa shape index (κ2) is 8.24. The molecule has 0 aromatic heterocycles. The highest BCUT2D eigenvalue weighted by molar-refractivity contribution is 5.82. The Bertz CT molecular complexity index is 532. The maximum atomic E-state index is 12.4. The number of carbonyl (C=O) groups excluding carboxylic acids is 2. The van der Waals surface area contributed by atoms with Crippen LogP contribution in [0.3, 0.4) is 0 Å². The lowest BCUT2D eigenvalue weighted by Crippen LogP contribution is -2.59. The molecular formula is C18H32N4O4. The fourth-order valence-corrected chi connectivity index (χ4v) is 3.53. The van der Waals surface area contributed by atoms with Crippen molar-refractivity contribution in [2.24, 2.45) is 5.41 Å². The summed E-state index contributed by atoms with van der Waals surface area (Å²) in [6, 6.07) is 0.241. The van der Waals surface area contributed by atoms with E-state index in [1.54, 1.807) is 4.90 Å². The van der Waals surface area contributed by atoms with E-state index in [4.69, 9.17) is 5.11 Å². The number of hydrogen-bond acceptors (Lipinski definition) is 4. The Kier molecular flexibility index (Phi) is 6.49. The van der Waals surface area contributed by atoms with Crippen LogP contribution < -0.4 is 5.32 Å². The molecule has 3 amide bonds. The Hall–Kier alpha value is -1.83. The summed E-state index contributed by atoms with van der Waals surface area (Å²) in [6.07, 6.45) is 1.57. The van der Waals surface area contributed by atoms with Gasteiger partial charge in [-0.05, 0) is 19.4 Å². The molecule has 1 aliphatic carbocycles. The maximum Gasteiger partial charge on any atom is 0.317 e. The van der Waals surface area contributed by atoms with Gasteiger partial charge < -0.3 is 20.2 Å². The highest BCUT2D eigenvalue weighted by atomic mass is 16.4. The van der Waals surface area contributed by atoms with Crippen molar-refractivity contribution in [1.82, 2.24) is 20.0 Å². The second-order valence-electron chi connectivity index (χ2n) is 8.26. The SMILES string of the molecule is CCN(CC(=O)O)C1CC(NC(=O)N2CCN(C(=O)C(C)(C)C)CC2)C1. The normalized spacial score (nSPS) is 23.6. The minimum atomic E-state index is -0.818. The molecule has 1 saturated carbocycles. The molecular weight excluding hydrogens is 336 g/mol. The quantitative estimate of drug-likeness (QED) is 0.750. The van der Waals surface area contributed by atoms with Crippen molar-refractivity contribution in [2.45, 2.75) is 52.6 Å². The van der Waals surface area contributed by atoms with E-state index in [2.05, 4.69) is 5.32 Å². The molecule has 1 saturated heterocycles. The van der Waals surface area contributed by atoms with Gasteiger partial charge in [-0.3, -0.25) is 14.5 Å². The third-order valence-corrected chi connectivity index (χ3v) is 5.20. The first-order valence-electron chi connectivity index (χ1n) is 9.42. The summed E-state index contributed by atoms with van der Waals surface area (Å²) in [5, 5.41) is 12.0. The number of urea groups is 1. The maximum absolute atomic E-state index is 12.4. The lowest BCUT2D eigenvalue weighted by Gasteiger charge is -2.43. The van der Waals surface area contributed by atoms with Crippen molar-refractivity contribution < 1.29 is 19.5 Å². The van der Waals surface area contributed by atoms with Crippen molar-refractivity contribution in [3.05, 3.63) is 0 Å². The fraction of sp³-hybridized carbons (Fsp3) is 0.833. The van der Waals surface area contributed by atoms with E-state index in [9.17, 15) is 14.4 Å². The topological polar surface area (TPSA) is 93.2 Å². The minimum absolute atomic E-state index is 0.0472. The van der Waals surface area contributed by atoms with E-state index in [1.807, 2.05) is 37.5 Å². The molecule has 0 bridgehead atoms. The van der Waals surface area contributed by atoms with Crippen LogP contribution in [0.15, 0.2) is 0 Å². The molecule has 1 heterocycles. The first-order valence-corrected chi connectivity index (χ1v) is 9.42. The number of rotatable bonds is 5. The van der Waals surface area contributed by atoms with Gasteiger partial charge in [0, 0.05) is 43.7 Å². The molecule has 0 atom stereocenters. The van der Waals surface area contributed by atoms with Crippen LogP contribution in [0.4, 0.5) is 4.79 Å². The molecule has 8 heteroatoms. The second-order valence-corrected chi connectivity index (χ2v) is 8.26. The molecule has 8 nitrogen and oxygen atoms in total. The lowest BCUT2D eigenvalue weighted by molar-refractivity contribution is -0.141. The summed E-state index contributed by atoms with van der Waals surface area (Å²) in [6.45, 7) is 10.6. The molecule has 0 aromatic rings. The minimum Gasteiger partial charge on any atom is -0.480 e. The van der Waals surface area contributed by atoms with Crippen molar-refractivity contribution in [3.63, 3.8) is 0 Å². The van der Waals surface area contributed by atoms with Gasteiger partial charge in [0.05, 0.1) is 6.54 Å². The molecule has 0 aromatic carbocycles. The average Bonchev–Trinajstić information content (AvgIpc) is 2.54. The summed E-state index contributed by atoms with van der Waals surface area (Å²) in [7, 11) is 0. The molecule has 148 valence electrons. The number of amides is 3. The van der Waals surface area contributed by atoms with E-state index in [1.165, 1.54) is 0 Å². The molecule has 2 N–H and O–H groups in total. The van der Waals surface area contributed by atoms with Gasteiger partial charge in [-0.2, -0.15) is 0 Å². The molecule has 2 fully saturated rings. The number of hydrogen-bond donors (Lipinski definition) is 2. The van der Waals surface area contributed by atoms with Gasteiger partial charge >= 0.3 is 12.0 Å². The molecule has 26 heavy (non-hydrogen) atoms. The van der Waals surface area contributed by atoms with E-state index in [0.29, 0.717) is 32.7 Å². The molecule has 2 aliphatic rings. The van der Waals surface area contributed by atoms with E-state index in [0.717, 1.165) is 12.8 Å². The van der Waals surface area contributed by atoms with Crippen LogP contribution in [0.5, 0.6) is 0 Å². The van der Waals surface area contributed by atoms with Crippen molar-refractivity contribution in [2.75, 3.05) is 39.3 Å². The van der Waals surface area contributed by atoms with Gasteiger partial charge in [0.25, 0.3) is 0 Å². The Morgan fingerprint density at radius 1 is 1.08 bits per heavy atom. The third-order valence-electron chi connectivity index (χ3n) is 5.20. The van der Waals surface area contributed by atoms with Crippen LogP contribution in [0.1, 0.15) is 40.5 Å². The first kappa shape index (κ1) is 20.5. The van der Waals surface area contributed by atoms with Gasteiger partial charge in [0.2, 0.25) is 5.91 Å². The molecule has 0 radical (unpaired) electrons. The molecule has 2 rings (SSSR count). The zero-order chi connectivity index (χ0) is 19.5. The molecule has 0 unspecified atom stereocenters. The third kappa shape index (κ3) is 5.09. The van der Waals surface area contributed by atoms with Crippen LogP contribution in [-0.2, 0) is 9.59 Å². The van der Waals surface area contributed by atoms with Crippen LogP contribution in [-0.4, -0.2) is 89.1 Å². The predicted molar refractivity (Wildman–Crippen MR) is 97.8 cm³/mol. The lowest BCUT2D eigenvalue weighted by atomic mass is 9.85. The predicted octanol–water partition coefficient (Wildman–Crippen LogP) is 0.824. The van der Waals surface area contributed by atoms with Crippen LogP contribution >= 0.6 is 0 Å². The van der Waals surface area contributed by atoms with Crippen molar-refractivity contribution in [1.29, 1.82) is 0 Å². The summed E-state index contributed by atoms with van der Waals surface area (Å²) in [5.74, 6) is -0.695. The highest BCUT2D eigenvalue weighted by Crippen LogP contribution is 2.26. The number of aliphatic carboxylic acids is 1. The number of carboxylic acid groups (broad SMARTS) is 1. The van der Waals surface area contributed by atoms with Crippen LogP contribution in [0.2, 0.25) is 0 Å². The monoisotopic (exact) mass is 368 g/mol. The van der Waals surface area contributed by atoms with Crippen molar-refractivity contribution >= 4 is 17.9 Å². The van der Waals surface area contributed by atoms with Crippen molar-refractivity contribution in [3.8, 4) is 0 Å². The summed E-state index contributed by atoms with van der Waals surface area (Å²) in [4.78, 5) is 41.1. The number of likely N-dealkylation sites (N-methyl/N-ethyl adjacent to an activating group) is 1. The number of piperazine rings is 1. The van der Waals surface area contributed by atoms with Gasteiger partial charge in [0.1, 0.15) is 0 Å². The zero-order valence-electron chi connectivity index (χ0n) is 16.3. The Morgan fingerprint density at radius 2 is 1.62 bits per heavy atom. The van der Waals surface area contributed by atoms with Gasteiger partial charge in [-0.25, -0.2) is 4.79 Å².